The van der Waals surface area contributed by atoms with Crippen LogP contribution >= 0.6 is 0 Å². The molecule has 1 heteroatoms. The summed E-state index contributed by atoms with van der Waals surface area (Å²) in [5, 5.41) is 0. The Labute approximate surface area is 63.7 Å². The zero-order valence-corrected chi connectivity index (χ0v) is 6.52. The second kappa shape index (κ2) is 2.91. The minimum absolute atomic E-state index is 0.902. The van der Waals surface area contributed by atoms with E-state index in [1.807, 2.05) is 13.0 Å². The number of benzene rings is 1. The van der Waals surface area contributed by atoms with Gasteiger partial charge in [-0.1, -0.05) is 36.1 Å². The smallest absolute Gasteiger partial charge is 0.0935 e. The highest BCUT2D eigenvalue weighted by Gasteiger charge is 1.91. The molecule has 0 heterocycles. The molecule has 0 atom stereocenters. The highest BCUT2D eigenvalue weighted by Crippen LogP contribution is 1.99. The van der Waals surface area contributed by atoms with Gasteiger partial charge in [0.1, 0.15) is 7.85 Å². The normalized spacial score (nSPS) is 9.80. The summed E-state index contributed by atoms with van der Waals surface area (Å²) in [6.07, 6.45) is 1.06. The molecule has 1 rings (SSSR count). The maximum atomic E-state index is 5.70. The topological polar surface area (TPSA) is 0 Å². The molecule has 0 N–H and O–H groups in total. The van der Waals surface area contributed by atoms with Gasteiger partial charge in [0.2, 0.25) is 0 Å². The summed E-state index contributed by atoms with van der Waals surface area (Å²) in [7, 11) is 5.70. The minimum Gasteiger partial charge on any atom is -0.0935 e. The first-order valence-electron chi connectivity index (χ1n) is 3.59. The average molecular weight is 130 g/mol. The largest absolute Gasteiger partial charge is 0.114 e. The summed E-state index contributed by atoms with van der Waals surface area (Å²) in [5.74, 6) is 0. The molecule has 0 aliphatic heterocycles. The van der Waals surface area contributed by atoms with E-state index >= 15 is 0 Å². The predicted molar refractivity (Wildman–Crippen MR) is 45.9 cm³/mol. The fourth-order valence-electron chi connectivity index (χ4n) is 0.910. The quantitative estimate of drug-likeness (QED) is 0.503. The molecule has 0 saturated heterocycles. The molecule has 0 aliphatic rings. The van der Waals surface area contributed by atoms with Crippen LogP contribution in [0.15, 0.2) is 18.2 Å². The third kappa shape index (κ3) is 1.41. The van der Waals surface area contributed by atoms with Gasteiger partial charge in [-0.3, -0.25) is 0 Å². The van der Waals surface area contributed by atoms with Gasteiger partial charge in [-0.2, -0.15) is 0 Å². The molecule has 0 nitrogen and oxygen atoms in total. The van der Waals surface area contributed by atoms with Crippen molar-refractivity contribution < 1.29 is 0 Å². The Morgan fingerprint density at radius 2 is 2.10 bits per heavy atom. The Balaban J connectivity index is 3.04. The Morgan fingerprint density at radius 1 is 1.40 bits per heavy atom. The third-order valence-corrected chi connectivity index (χ3v) is 1.75. The second-order valence-electron chi connectivity index (χ2n) is 2.54. The zero-order chi connectivity index (χ0) is 7.56. The van der Waals surface area contributed by atoms with Crippen molar-refractivity contribution >= 4 is 13.3 Å². The Hall–Kier alpha value is -0.715. The van der Waals surface area contributed by atoms with E-state index in [0.29, 0.717) is 0 Å². The van der Waals surface area contributed by atoms with E-state index < -0.39 is 0 Å². The van der Waals surface area contributed by atoms with Gasteiger partial charge in [-0.25, -0.2) is 0 Å². The number of aryl methyl sites for hydroxylation is 2. The minimum atomic E-state index is 0.902. The first-order chi connectivity index (χ1) is 4.74. The standard InChI is InChI=1S/C9H11B/c1-3-8-5-4-7(2)9(10)6-8/h4-6H,3H2,1-2H3. The molecule has 10 heavy (non-hydrogen) atoms. The lowest BCUT2D eigenvalue weighted by Crippen LogP contribution is -2.07. The molecule has 0 spiro atoms. The van der Waals surface area contributed by atoms with Crippen LogP contribution in [0.5, 0.6) is 0 Å². The van der Waals surface area contributed by atoms with E-state index in [0.717, 1.165) is 17.4 Å². The molecule has 1 aromatic carbocycles. The Bertz CT molecular complexity index is 228. The molecular weight excluding hydrogens is 119 g/mol. The number of rotatable bonds is 1. The van der Waals surface area contributed by atoms with Crippen molar-refractivity contribution in [1.82, 2.24) is 0 Å². The molecule has 0 unspecified atom stereocenters. The van der Waals surface area contributed by atoms with Crippen molar-refractivity contribution in [2.75, 3.05) is 0 Å². The van der Waals surface area contributed by atoms with Crippen molar-refractivity contribution in [2.45, 2.75) is 20.3 Å². The van der Waals surface area contributed by atoms with E-state index in [-0.39, 0.29) is 0 Å². The summed E-state index contributed by atoms with van der Waals surface area (Å²) in [5.41, 5.74) is 3.37. The van der Waals surface area contributed by atoms with Crippen LogP contribution in [0.2, 0.25) is 0 Å². The predicted octanol–water partition coefficient (Wildman–Crippen LogP) is 1.35. The highest BCUT2D eigenvalue weighted by molar-refractivity contribution is 6.33. The maximum absolute atomic E-state index is 5.70. The third-order valence-electron chi connectivity index (χ3n) is 1.75. The van der Waals surface area contributed by atoms with Crippen molar-refractivity contribution in [3.8, 4) is 0 Å². The molecule has 0 aromatic heterocycles. The second-order valence-corrected chi connectivity index (χ2v) is 2.54. The number of hydrogen-bond acceptors (Lipinski definition) is 0. The van der Waals surface area contributed by atoms with Gasteiger partial charge in [-0.15, -0.1) is 0 Å². The van der Waals surface area contributed by atoms with Crippen LogP contribution < -0.4 is 5.46 Å². The lowest BCUT2D eigenvalue weighted by Gasteiger charge is -2.01. The van der Waals surface area contributed by atoms with Crippen LogP contribution in [-0.4, -0.2) is 7.85 Å². The van der Waals surface area contributed by atoms with Gasteiger partial charge in [-0.05, 0) is 18.9 Å². The Morgan fingerprint density at radius 3 is 2.60 bits per heavy atom. The SMILES string of the molecule is [B]c1cc(CC)ccc1C. The first-order valence-corrected chi connectivity index (χ1v) is 3.59. The van der Waals surface area contributed by atoms with E-state index in [2.05, 4.69) is 19.1 Å². The lowest BCUT2D eigenvalue weighted by molar-refractivity contribution is 1.14. The van der Waals surface area contributed by atoms with Gasteiger partial charge in [0, 0.05) is 0 Å². The van der Waals surface area contributed by atoms with Gasteiger partial charge in [0.15, 0.2) is 0 Å². The molecule has 1 aromatic rings. The molecule has 50 valence electrons. The molecule has 2 radical (unpaired) electrons. The average Bonchev–Trinajstić information content (AvgIpc) is 1.95. The summed E-state index contributed by atoms with van der Waals surface area (Å²) >= 11 is 0. The summed E-state index contributed by atoms with van der Waals surface area (Å²) in [4.78, 5) is 0. The molecular formula is C9H11B. The van der Waals surface area contributed by atoms with Crippen molar-refractivity contribution in [1.29, 1.82) is 0 Å². The molecule has 0 saturated carbocycles. The van der Waals surface area contributed by atoms with Crippen molar-refractivity contribution in [3.63, 3.8) is 0 Å². The zero-order valence-electron chi connectivity index (χ0n) is 6.52. The van der Waals surface area contributed by atoms with Crippen LogP contribution in [0.1, 0.15) is 18.1 Å². The molecule has 0 aliphatic carbocycles. The summed E-state index contributed by atoms with van der Waals surface area (Å²) in [6, 6.07) is 6.22. The highest BCUT2D eigenvalue weighted by atomic mass is 13.9. The van der Waals surface area contributed by atoms with E-state index in [4.69, 9.17) is 7.85 Å². The van der Waals surface area contributed by atoms with Crippen LogP contribution in [0.3, 0.4) is 0 Å². The van der Waals surface area contributed by atoms with E-state index in [9.17, 15) is 0 Å². The maximum Gasteiger partial charge on any atom is 0.114 e. The van der Waals surface area contributed by atoms with Crippen molar-refractivity contribution in [3.05, 3.63) is 29.3 Å². The van der Waals surface area contributed by atoms with Gasteiger partial charge < -0.3 is 0 Å². The Kier molecular flexibility index (Phi) is 2.15. The monoisotopic (exact) mass is 130 g/mol. The van der Waals surface area contributed by atoms with Crippen LogP contribution in [0.4, 0.5) is 0 Å². The van der Waals surface area contributed by atoms with E-state index in [1.165, 1.54) is 5.56 Å². The van der Waals surface area contributed by atoms with Gasteiger partial charge in [0.05, 0.1) is 0 Å². The summed E-state index contributed by atoms with van der Waals surface area (Å²) < 4.78 is 0. The lowest BCUT2D eigenvalue weighted by atomic mass is 9.89. The molecule has 0 bridgehead atoms. The van der Waals surface area contributed by atoms with Crippen LogP contribution in [-0.2, 0) is 6.42 Å². The fraction of sp³-hybridized carbons (Fsp3) is 0.333. The van der Waals surface area contributed by atoms with Gasteiger partial charge >= 0.3 is 0 Å². The van der Waals surface area contributed by atoms with Crippen LogP contribution in [0.25, 0.3) is 0 Å². The van der Waals surface area contributed by atoms with E-state index in [1.54, 1.807) is 0 Å². The van der Waals surface area contributed by atoms with Crippen LogP contribution in [0, 0.1) is 6.92 Å². The number of hydrogen-bond donors (Lipinski definition) is 0. The molecule has 0 fully saturated rings. The summed E-state index contributed by atoms with van der Waals surface area (Å²) in [6.45, 7) is 4.15. The fourth-order valence-corrected chi connectivity index (χ4v) is 0.910. The van der Waals surface area contributed by atoms with Crippen molar-refractivity contribution in [2.24, 2.45) is 0 Å². The first kappa shape index (κ1) is 7.39. The molecule has 0 amide bonds. The van der Waals surface area contributed by atoms with Gasteiger partial charge in [0.25, 0.3) is 0 Å².